The van der Waals surface area contributed by atoms with Gasteiger partial charge in [0, 0.05) is 6.61 Å². The lowest BCUT2D eigenvalue weighted by atomic mass is 10.1. The Bertz CT molecular complexity index is 107. The molecule has 0 aliphatic carbocycles. The number of hydrogen-bond donors (Lipinski definition) is 1. The Morgan fingerprint density at radius 2 is 1.92 bits per heavy atom. The first-order valence-corrected chi connectivity index (χ1v) is 5.03. The summed E-state index contributed by atoms with van der Waals surface area (Å²) in [7, 11) is 0. The molecule has 13 heavy (non-hydrogen) atoms. The maximum Gasteiger partial charge on any atom is 0.123 e. The molecule has 0 aliphatic heterocycles. The fourth-order valence-electron chi connectivity index (χ4n) is 1.05. The molecule has 0 bridgehead atoms. The third-order valence-electron chi connectivity index (χ3n) is 1.81. The monoisotopic (exact) mass is 192 g/mol. The van der Waals surface area contributed by atoms with E-state index in [1.54, 1.807) is 0 Å². The van der Waals surface area contributed by atoms with Crippen LogP contribution in [0.1, 0.15) is 39.5 Å². The van der Waals surface area contributed by atoms with Crippen LogP contribution in [0.2, 0.25) is 0 Å². The summed E-state index contributed by atoms with van der Waals surface area (Å²) in [5.41, 5.74) is 0. The van der Waals surface area contributed by atoms with Gasteiger partial charge in [-0.25, -0.2) is 4.39 Å². The van der Waals surface area contributed by atoms with Crippen molar-refractivity contribution in [3.63, 3.8) is 0 Å². The molecule has 0 aromatic carbocycles. The van der Waals surface area contributed by atoms with E-state index in [-0.39, 0.29) is 12.7 Å². The smallest absolute Gasteiger partial charge is 0.123 e. The largest absolute Gasteiger partial charge is 0.393 e. The van der Waals surface area contributed by atoms with Gasteiger partial charge in [-0.05, 0) is 26.7 Å². The summed E-state index contributed by atoms with van der Waals surface area (Å²) < 4.78 is 17.8. The van der Waals surface area contributed by atoms with Gasteiger partial charge < -0.3 is 9.84 Å². The van der Waals surface area contributed by atoms with Gasteiger partial charge in [0.25, 0.3) is 0 Å². The molecule has 80 valence electrons. The molecule has 0 aliphatic rings. The molecular formula is C10H21FO2. The summed E-state index contributed by atoms with van der Waals surface area (Å²) in [4.78, 5) is 0. The van der Waals surface area contributed by atoms with Crippen molar-refractivity contribution in [3.05, 3.63) is 0 Å². The third-order valence-corrected chi connectivity index (χ3v) is 1.81. The molecule has 0 saturated carbocycles. The Kier molecular flexibility index (Phi) is 8.35. The highest BCUT2D eigenvalue weighted by atomic mass is 19.1. The van der Waals surface area contributed by atoms with Crippen LogP contribution >= 0.6 is 0 Å². The zero-order valence-corrected chi connectivity index (χ0v) is 8.63. The van der Waals surface area contributed by atoms with Gasteiger partial charge in [0.05, 0.1) is 12.7 Å². The zero-order valence-electron chi connectivity index (χ0n) is 8.63. The van der Waals surface area contributed by atoms with Gasteiger partial charge >= 0.3 is 0 Å². The molecule has 0 aromatic rings. The van der Waals surface area contributed by atoms with Crippen LogP contribution in [-0.2, 0) is 4.74 Å². The Hall–Kier alpha value is -0.150. The Labute approximate surface area is 80.1 Å². The maximum atomic E-state index is 12.5. The molecule has 0 amide bonds. The zero-order chi connectivity index (χ0) is 10.1. The number of hydrogen-bond acceptors (Lipinski definition) is 2. The second kappa shape index (κ2) is 8.45. The van der Waals surface area contributed by atoms with Crippen LogP contribution in [0.5, 0.6) is 0 Å². The van der Waals surface area contributed by atoms with Gasteiger partial charge in [0.15, 0.2) is 0 Å². The highest BCUT2D eigenvalue weighted by Gasteiger charge is 2.02. The Morgan fingerprint density at radius 3 is 2.46 bits per heavy atom. The normalized spacial score (nSPS) is 13.6. The fraction of sp³-hybridized carbons (Fsp3) is 1.00. The minimum absolute atomic E-state index is 0.284. The molecule has 1 unspecified atom stereocenters. The average molecular weight is 192 g/mol. The quantitative estimate of drug-likeness (QED) is 0.598. The molecule has 1 atom stereocenters. The Balaban J connectivity index is 2.99. The van der Waals surface area contributed by atoms with Crippen LogP contribution in [0.25, 0.3) is 0 Å². The average Bonchev–Trinajstić information content (AvgIpc) is 2.10. The van der Waals surface area contributed by atoms with Crippen molar-refractivity contribution in [2.75, 3.05) is 13.2 Å². The molecule has 1 N–H and O–H groups in total. The molecule has 3 heteroatoms. The van der Waals surface area contributed by atoms with E-state index in [0.717, 1.165) is 25.9 Å². The van der Waals surface area contributed by atoms with Gasteiger partial charge in [0.1, 0.15) is 6.17 Å². The van der Waals surface area contributed by atoms with E-state index >= 15 is 0 Å². The van der Waals surface area contributed by atoms with Gasteiger partial charge in [-0.1, -0.05) is 12.8 Å². The van der Waals surface area contributed by atoms with E-state index in [1.807, 2.05) is 13.8 Å². The van der Waals surface area contributed by atoms with E-state index in [4.69, 9.17) is 9.84 Å². The van der Waals surface area contributed by atoms with Gasteiger partial charge in [-0.3, -0.25) is 0 Å². The van der Waals surface area contributed by atoms with Crippen LogP contribution in [0, 0.1) is 0 Å². The third kappa shape index (κ3) is 9.77. The summed E-state index contributed by atoms with van der Waals surface area (Å²) in [5, 5.41) is 8.41. The minimum atomic E-state index is -1.04. The minimum Gasteiger partial charge on any atom is -0.393 e. The molecule has 0 saturated heterocycles. The highest BCUT2D eigenvalue weighted by molar-refractivity contribution is 4.53. The topological polar surface area (TPSA) is 29.5 Å². The molecule has 0 radical (unpaired) electrons. The van der Waals surface area contributed by atoms with Crippen molar-refractivity contribution < 1.29 is 14.2 Å². The van der Waals surface area contributed by atoms with Crippen molar-refractivity contribution >= 4 is 0 Å². The van der Waals surface area contributed by atoms with E-state index in [0.29, 0.717) is 6.42 Å². The molecule has 0 rings (SSSR count). The van der Waals surface area contributed by atoms with Crippen LogP contribution in [0.3, 0.4) is 0 Å². The molecule has 2 nitrogen and oxygen atoms in total. The summed E-state index contributed by atoms with van der Waals surface area (Å²) >= 11 is 0. The van der Waals surface area contributed by atoms with E-state index < -0.39 is 6.17 Å². The van der Waals surface area contributed by atoms with E-state index in [1.165, 1.54) is 0 Å². The maximum absolute atomic E-state index is 12.5. The predicted octanol–water partition coefficient (Wildman–Crippen LogP) is 2.30. The second-order valence-corrected chi connectivity index (χ2v) is 3.55. The van der Waals surface area contributed by atoms with Crippen molar-refractivity contribution in [2.45, 2.75) is 51.8 Å². The van der Waals surface area contributed by atoms with Crippen LogP contribution in [0.4, 0.5) is 4.39 Å². The predicted molar refractivity (Wildman–Crippen MR) is 51.5 cm³/mol. The van der Waals surface area contributed by atoms with Crippen molar-refractivity contribution in [2.24, 2.45) is 0 Å². The SMILES string of the molecule is CC(C)OCCCCCC(F)CO. The molecule has 0 spiro atoms. The first-order chi connectivity index (χ1) is 6.16. The summed E-state index contributed by atoms with van der Waals surface area (Å²) in [6.07, 6.45) is 2.52. The number of aliphatic hydroxyl groups is 1. The number of ether oxygens (including phenoxy) is 1. The second-order valence-electron chi connectivity index (χ2n) is 3.55. The number of halogens is 1. The fourth-order valence-corrected chi connectivity index (χ4v) is 1.05. The lowest BCUT2D eigenvalue weighted by molar-refractivity contribution is 0.0750. The molecule has 0 heterocycles. The number of rotatable bonds is 8. The lowest BCUT2D eigenvalue weighted by Gasteiger charge is -2.07. The van der Waals surface area contributed by atoms with E-state index in [9.17, 15) is 4.39 Å². The number of alkyl halides is 1. The summed E-state index contributed by atoms with van der Waals surface area (Å²) in [6, 6.07) is 0. The van der Waals surface area contributed by atoms with Crippen LogP contribution in [0.15, 0.2) is 0 Å². The lowest BCUT2D eigenvalue weighted by Crippen LogP contribution is -2.06. The van der Waals surface area contributed by atoms with Gasteiger partial charge in [0.2, 0.25) is 0 Å². The van der Waals surface area contributed by atoms with Crippen molar-refractivity contribution in [1.82, 2.24) is 0 Å². The molecule has 0 fully saturated rings. The standard InChI is InChI=1S/C10H21FO2/c1-9(2)13-7-5-3-4-6-10(11)8-12/h9-10,12H,3-8H2,1-2H3. The Morgan fingerprint density at radius 1 is 1.23 bits per heavy atom. The van der Waals surface area contributed by atoms with Crippen LogP contribution < -0.4 is 0 Å². The molecular weight excluding hydrogens is 171 g/mol. The van der Waals surface area contributed by atoms with Gasteiger partial charge in [-0.2, -0.15) is 0 Å². The number of unbranched alkanes of at least 4 members (excludes halogenated alkanes) is 2. The van der Waals surface area contributed by atoms with Gasteiger partial charge in [-0.15, -0.1) is 0 Å². The van der Waals surface area contributed by atoms with Crippen molar-refractivity contribution in [3.8, 4) is 0 Å². The first kappa shape index (κ1) is 12.8. The van der Waals surface area contributed by atoms with Crippen LogP contribution in [-0.4, -0.2) is 30.6 Å². The van der Waals surface area contributed by atoms with Crippen molar-refractivity contribution in [1.29, 1.82) is 0 Å². The number of aliphatic hydroxyl groups excluding tert-OH is 1. The highest BCUT2D eigenvalue weighted by Crippen LogP contribution is 2.06. The summed E-state index contributed by atoms with van der Waals surface area (Å²) in [6.45, 7) is 4.42. The molecule has 0 aromatic heterocycles. The summed E-state index contributed by atoms with van der Waals surface area (Å²) in [5.74, 6) is 0. The first-order valence-electron chi connectivity index (χ1n) is 5.03. The van der Waals surface area contributed by atoms with E-state index in [2.05, 4.69) is 0 Å².